The standard InChI is InChI=1S/C35H32ClN3O4S/c1-5-11-26-29(34(41)43-6-2)32(25-18-22(36)16-17-27(25)42-4)39-33(40)28(44-35(39)37-26)19-24-23-15-10-12-20(3)30(23)38-31(24)21-13-8-7-9-14-21/h7-10,12-19,32,38H,5-6,11H2,1-4H3/b28-19+/t32-/m1/s1. The predicted molar refractivity (Wildman–Crippen MR) is 176 cm³/mol. The van der Waals surface area contributed by atoms with E-state index in [0.29, 0.717) is 43.4 Å². The van der Waals surface area contributed by atoms with Crippen LogP contribution in [0.2, 0.25) is 5.02 Å². The Bertz CT molecular complexity index is 2110. The Hall–Kier alpha value is -4.40. The Labute approximate surface area is 263 Å². The number of para-hydroxylation sites is 1. The lowest BCUT2D eigenvalue weighted by molar-refractivity contribution is -0.139. The smallest absolute Gasteiger partial charge is 0.338 e. The van der Waals surface area contributed by atoms with Crippen LogP contribution in [0.3, 0.4) is 0 Å². The molecule has 0 saturated carbocycles. The Morgan fingerprint density at radius 1 is 1.11 bits per heavy atom. The summed E-state index contributed by atoms with van der Waals surface area (Å²) in [6, 6.07) is 20.6. The number of methoxy groups -OCH3 is 1. The summed E-state index contributed by atoms with van der Waals surface area (Å²) in [6.07, 6.45) is 3.23. The van der Waals surface area contributed by atoms with E-state index in [4.69, 9.17) is 26.1 Å². The number of hydrogen-bond donors (Lipinski definition) is 1. The first-order valence-electron chi connectivity index (χ1n) is 14.6. The summed E-state index contributed by atoms with van der Waals surface area (Å²) in [5.41, 5.74) is 6.21. The number of nitrogens with one attached hydrogen (secondary N) is 1. The maximum atomic E-state index is 14.5. The number of aromatic amines is 1. The van der Waals surface area contributed by atoms with Gasteiger partial charge in [0.1, 0.15) is 11.8 Å². The fourth-order valence-corrected chi connectivity index (χ4v) is 7.01. The number of esters is 1. The average Bonchev–Trinajstić information content (AvgIpc) is 3.55. The molecule has 9 heteroatoms. The molecule has 1 N–H and O–H groups in total. The number of ether oxygens (including phenoxy) is 2. The molecule has 0 spiro atoms. The second kappa shape index (κ2) is 12.3. The minimum absolute atomic E-state index is 0.188. The number of hydrogen-bond acceptors (Lipinski definition) is 6. The second-order valence-electron chi connectivity index (χ2n) is 10.6. The van der Waals surface area contributed by atoms with E-state index < -0.39 is 12.0 Å². The third-order valence-corrected chi connectivity index (χ3v) is 9.02. The van der Waals surface area contributed by atoms with Gasteiger partial charge in [0.05, 0.1) is 35.2 Å². The number of aromatic nitrogens is 2. The quantitative estimate of drug-likeness (QED) is 0.195. The van der Waals surface area contributed by atoms with Gasteiger partial charge in [-0.25, -0.2) is 9.79 Å². The number of aryl methyl sites for hydroxylation is 1. The van der Waals surface area contributed by atoms with E-state index in [1.807, 2.05) is 49.4 Å². The SMILES string of the molecule is CCCC1=C(C(=O)OCC)[C@@H](c2cc(Cl)ccc2OC)n2c(s/c(=C/c3c(-c4ccccc4)[nH]c4c(C)cccc34)c2=O)=N1. The third-order valence-electron chi connectivity index (χ3n) is 7.80. The highest BCUT2D eigenvalue weighted by atomic mass is 35.5. The van der Waals surface area contributed by atoms with Crippen molar-refractivity contribution < 1.29 is 14.3 Å². The average molecular weight is 626 g/mol. The molecular formula is C35H32ClN3O4S. The van der Waals surface area contributed by atoms with Crippen molar-refractivity contribution in [3.63, 3.8) is 0 Å². The van der Waals surface area contributed by atoms with Gasteiger partial charge in [0.15, 0.2) is 4.80 Å². The molecule has 7 nitrogen and oxygen atoms in total. The first-order valence-corrected chi connectivity index (χ1v) is 15.8. The van der Waals surface area contributed by atoms with Gasteiger partial charge in [-0.2, -0.15) is 0 Å². The third kappa shape index (κ3) is 5.18. The van der Waals surface area contributed by atoms with Gasteiger partial charge in [-0.3, -0.25) is 9.36 Å². The fourth-order valence-electron chi connectivity index (χ4n) is 5.83. The Morgan fingerprint density at radius 2 is 1.91 bits per heavy atom. The minimum Gasteiger partial charge on any atom is -0.496 e. The van der Waals surface area contributed by atoms with E-state index in [1.54, 1.807) is 36.8 Å². The van der Waals surface area contributed by atoms with Crippen LogP contribution in [0.15, 0.2) is 87.8 Å². The molecule has 44 heavy (non-hydrogen) atoms. The number of carbonyl (C=O) groups is 1. The number of rotatable bonds is 8. The number of nitrogens with zero attached hydrogens (tertiary/aromatic N) is 2. The number of halogens is 1. The normalized spacial score (nSPS) is 14.9. The van der Waals surface area contributed by atoms with Gasteiger partial charge in [0, 0.05) is 27.1 Å². The van der Waals surface area contributed by atoms with Gasteiger partial charge >= 0.3 is 5.97 Å². The first-order chi connectivity index (χ1) is 21.4. The lowest BCUT2D eigenvalue weighted by Gasteiger charge is -2.27. The van der Waals surface area contributed by atoms with Gasteiger partial charge in [-0.15, -0.1) is 0 Å². The highest BCUT2D eigenvalue weighted by Crippen LogP contribution is 2.38. The number of thiazole rings is 1. The van der Waals surface area contributed by atoms with Crippen molar-refractivity contribution >= 4 is 45.9 Å². The molecule has 224 valence electrons. The molecular weight excluding hydrogens is 594 g/mol. The van der Waals surface area contributed by atoms with Crippen molar-refractivity contribution in [3.05, 3.63) is 119 Å². The van der Waals surface area contributed by atoms with Crippen molar-refractivity contribution in [1.29, 1.82) is 0 Å². The van der Waals surface area contributed by atoms with Crippen molar-refractivity contribution in [1.82, 2.24) is 9.55 Å². The number of allylic oxidation sites excluding steroid dienone is 1. The maximum Gasteiger partial charge on any atom is 0.338 e. The summed E-state index contributed by atoms with van der Waals surface area (Å²) in [5, 5.41) is 1.48. The number of carbonyl (C=O) groups excluding carboxylic acids is 1. The van der Waals surface area contributed by atoms with Crippen LogP contribution in [-0.2, 0) is 9.53 Å². The zero-order valence-electron chi connectivity index (χ0n) is 24.9. The lowest BCUT2D eigenvalue weighted by Crippen LogP contribution is -2.40. The minimum atomic E-state index is -0.832. The highest BCUT2D eigenvalue weighted by Gasteiger charge is 2.36. The molecule has 5 aromatic rings. The molecule has 1 aliphatic heterocycles. The van der Waals surface area contributed by atoms with E-state index in [2.05, 4.69) is 24.0 Å². The van der Waals surface area contributed by atoms with E-state index in [9.17, 15) is 9.59 Å². The molecule has 3 aromatic carbocycles. The summed E-state index contributed by atoms with van der Waals surface area (Å²) < 4.78 is 13.3. The monoisotopic (exact) mass is 625 g/mol. The Kier molecular flexibility index (Phi) is 8.29. The maximum absolute atomic E-state index is 14.5. The molecule has 2 aromatic heterocycles. The topological polar surface area (TPSA) is 85.7 Å². The molecule has 0 aliphatic carbocycles. The number of fused-ring (bicyclic) bond motifs is 2. The molecule has 6 rings (SSSR count). The predicted octanol–water partition coefficient (Wildman–Crippen LogP) is 6.70. The summed E-state index contributed by atoms with van der Waals surface area (Å²) in [7, 11) is 1.56. The van der Waals surface area contributed by atoms with Crippen LogP contribution in [0.25, 0.3) is 28.2 Å². The van der Waals surface area contributed by atoms with Gasteiger partial charge in [-0.1, -0.05) is 84.8 Å². The lowest BCUT2D eigenvalue weighted by atomic mass is 9.93. The van der Waals surface area contributed by atoms with E-state index in [-0.39, 0.29) is 12.2 Å². The zero-order chi connectivity index (χ0) is 31.0. The van der Waals surface area contributed by atoms with Crippen molar-refractivity contribution in [2.45, 2.75) is 39.7 Å². The van der Waals surface area contributed by atoms with Crippen LogP contribution in [-0.4, -0.2) is 29.2 Å². The molecule has 0 radical (unpaired) electrons. The molecule has 0 saturated heterocycles. The number of benzene rings is 3. The Balaban J connectivity index is 1.67. The number of H-pyrrole nitrogens is 1. The second-order valence-corrected chi connectivity index (χ2v) is 12.0. The van der Waals surface area contributed by atoms with E-state index >= 15 is 0 Å². The summed E-state index contributed by atoms with van der Waals surface area (Å²) in [6.45, 7) is 6.04. The van der Waals surface area contributed by atoms with Crippen molar-refractivity contribution in [2.75, 3.05) is 13.7 Å². The van der Waals surface area contributed by atoms with Gasteiger partial charge in [-0.05, 0) is 55.7 Å². The van der Waals surface area contributed by atoms with Crippen LogP contribution in [0.4, 0.5) is 0 Å². The highest BCUT2D eigenvalue weighted by molar-refractivity contribution is 7.07. The van der Waals surface area contributed by atoms with E-state index in [1.165, 1.54) is 11.3 Å². The summed E-state index contributed by atoms with van der Waals surface area (Å²) >= 11 is 7.79. The molecule has 0 fully saturated rings. The molecule has 0 unspecified atom stereocenters. The van der Waals surface area contributed by atoms with Crippen LogP contribution >= 0.6 is 22.9 Å². The summed E-state index contributed by atoms with van der Waals surface area (Å²) in [5.74, 6) is -0.00790. The van der Waals surface area contributed by atoms with Crippen molar-refractivity contribution in [3.8, 4) is 17.0 Å². The van der Waals surface area contributed by atoms with Crippen LogP contribution < -0.4 is 19.6 Å². The molecule has 1 aliphatic rings. The molecule has 3 heterocycles. The van der Waals surface area contributed by atoms with Crippen molar-refractivity contribution in [2.24, 2.45) is 4.99 Å². The largest absolute Gasteiger partial charge is 0.496 e. The summed E-state index contributed by atoms with van der Waals surface area (Å²) in [4.78, 5) is 37.1. The molecule has 0 bridgehead atoms. The fraction of sp³-hybridized carbons (Fsp3) is 0.229. The zero-order valence-corrected chi connectivity index (χ0v) is 26.5. The van der Waals surface area contributed by atoms with Crippen LogP contribution in [0.1, 0.15) is 49.4 Å². The molecule has 1 atom stereocenters. The molecule has 0 amide bonds. The van der Waals surface area contributed by atoms with E-state index in [0.717, 1.165) is 39.7 Å². The van der Waals surface area contributed by atoms with Crippen LogP contribution in [0, 0.1) is 6.92 Å². The Morgan fingerprint density at radius 3 is 2.64 bits per heavy atom. The van der Waals surface area contributed by atoms with Gasteiger partial charge < -0.3 is 14.5 Å². The van der Waals surface area contributed by atoms with Gasteiger partial charge in [0.2, 0.25) is 0 Å². The van der Waals surface area contributed by atoms with Crippen LogP contribution in [0.5, 0.6) is 5.75 Å². The first kappa shape index (κ1) is 29.7. The van der Waals surface area contributed by atoms with Gasteiger partial charge in [0.25, 0.3) is 5.56 Å².